The molecule has 1 amide bonds. The van der Waals surface area contributed by atoms with E-state index in [2.05, 4.69) is 10.0 Å². The van der Waals surface area contributed by atoms with E-state index < -0.39 is 10.0 Å². The van der Waals surface area contributed by atoms with Gasteiger partial charge in [-0.3, -0.25) is 4.79 Å². The van der Waals surface area contributed by atoms with Gasteiger partial charge in [0.25, 0.3) is 0 Å². The topological polar surface area (TPSA) is 75.3 Å². The minimum atomic E-state index is -3.42. The lowest BCUT2D eigenvalue weighted by Gasteiger charge is -2.07. The first-order valence-corrected chi connectivity index (χ1v) is 7.92. The Kier molecular flexibility index (Phi) is 4.21. The Labute approximate surface area is 113 Å². The number of carbonyl (C=O) groups is 1. The summed E-state index contributed by atoms with van der Waals surface area (Å²) in [6.07, 6.45) is 3.06. The molecule has 0 aliphatic heterocycles. The average molecular weight is 282 g/mol. The minimum Gasteiger partial charge on any atom is -0.326 e. The number of hydrogen-bond acceptors (Lipinski definition) is 3. The van der Waals surface area contributed by atoms with Crippen molar-refractivity contribution in [2.45, 2.75) is 43.5 Å². The predicted octanol–water partition coefficient (Wildman–Crippen LogP) is 1.87. The van der Waals surface area contributed by atoms with Crippen molar-refractivity contribution in [1.29, 1.82) is 0 Å². The summed E-state index contributed by atoms with van der Waals surface area (Å²) in [5.41, 5.74) is 0.615. The monoisotopic (exact) mass is 282 g/mol. The molecule has 0 aromatic heterocycles. The van der Waals surface area contributed by atoms with Gasteiger partial charge in [0.15, 0.2) is 0 Å². The van der Waals surface area contributed by atoms with E-state index in [0.717, 1.165) is 19.3 Å². The first kappa shape index (κ1) is 14.0. The smallest absolute Gasteiger partial charge is 0.240 e. The third-order valence-corrected chi connectivity index (χ3v) is 4.36. The molecule has 0 spiro atoms. The van der Waals surface area contributed by atoms with Gasteiger partial charge in [-0.2, -0.15) is 0 Å². The summed E-state index contributed by atoms with van der Waals surface area (Å²) in [6.45, 7) is 1.93. The maximum atomic E-state index is 11.9. The molecule has 0 heterocycles. The van der Waals surface area contributed by atoms with Crippen LogP contribution in [0.1, 0.15) is 32.6 Å². The molecule has 1 aromatic rings. The fourth-order valence-corrected chi connectivity index (χ4v) is 2.96. The van der Waals surface area contributed by atoms with Crippen LogP contribution in [0.25, 0.3) is 0 Å². The number of benzene rings is 1. The maximum Gasteiger partial charge on any atom is 0.240 e. The van der Waals surface area contributed by atoms with Crippen molar-refractivity contribution in [1.82, 2.24) is 4.72 Å². The van der Waals surface area contributed by atoms with Gasteiger partial charge < -0.3 is 5.32 Å². The lowest BCUT2D eigenvalue weighted by Crippen LogP contribution is -2.25. The van der Waals surface area contributed by atoms with Gasteiger partial charge in [0, 0.05) is 18.2 Å². The molecular weight excluding hydrogens is 264 g/mol. The molecule has 19 heavy (non-hydrogen) atoms. The van der Waals surface area contributed by atoms with Gasteiger partial charge in [-0.05, 0) is 43.5 Å². The van der Waals surface area contributed by atoms with E-state index in [1.54, 1.807) is 12.1 Å². The van der Waals surface area contributed by atoms with E-state index in [9.17, 15) is 13.2 Å². The SMILES string of the molecule is CCCC(=O)Nc1ccc(S(=O)(=O)NC2CC2)cc1. The zero-order chi connectivity index (χ0) is 13.9. The van der Waals surface area contributed by atoms with Gasteiger partial charge in [0.2, 0.25) is 15.9 Å². The quantitative estimate of drug-likeness (QED) is 0.836. The van der Waals surface area contributed by atoms with Gasteiger partial charge in [-0.1, -0.05) is 6.92 Å². The normalized spacial score (nSPS) is 15.2. The predicted molar refractivity (Wildman–Crippen MR) is 73.3 cm³/mol. The fourth-order valence-electron chi connectivity index (χ4n) is 1.66. The Morgan fingerprint density at radius 1 is 1.26 bits per heavy atom. The molecule has 0 saturated heterocycles. The Morgan fingerprint density at radius 3 is 2.42 bits per heavy atom. The second-order valence-electron chi connectivity index (χ2n) is 4.72. The summed E-state index contributed by atoms with van der Waals surface area (Å²) in [6, 6.07) is 6.32. The van der Waals surface area contributed by atoms with Crippen LogP contribution in [0.3, 0.4) is 0 Å². The molecule has 0 bridgehead atoms. The van der Waals surface area contributed by atoms with Gasteiger partial charge in [0.1, 0.15) is 0 Å². The number of amides is 1. The van der Waals surface area contributed by atoms with E-state index in [4.69, 9.17) is 0 Å². The molecule has 1 aliphatic rings. The van der Waals surface area contributed by atoms with Crippen LogP contribution in [-0.4, -0.2) is 20.4 Å². The van der Waals surface area contributed by atoms with E-state index in [1.807, 2.05) is 6.92 Å². The summed E-state index contributed by atoms with van der Waals surface area (Å²) in [4.78, 5) is 11.6. The Hall–Kier alpha value is -1.40. The highest BCUT2D eigenvalue weighted by molar-refractivity contribution is 7.89. The standard InChI is InChI=1S/C13H18N2O3S/c1-2-3-13(16)14-10-6-8-12(9-7-10)19(17,18)15-11-4-5-11/h6-9,11,15H,2-5H2,1H3,(H,14,16). The highest BCUT2D eigenvalue weighted by Crippen LogP contribution is 2.22. The van der Waals surface area contributed by atoms with Gasteiger partial charge >= 0.3 is 0 Å². The molecule has 1 saturated carbocycles. The van der Waals surface area contributed by atoms with E-state index >= 15 is 0 Å². The molecule has 0 atom stereocenters. The Bertz CT molecular complexity index is 548. The highest BCUT2D eigenvalue weighted by Gasteiger charge is 2.27. The third kappa shape index (κ3) is 4.04. The summed E-state index contributed by atoms with van der Waals surface area (Å²) >= 11 is 0. The molecule has 1 aromatic carbocycles. The van der Waals surface area contributed by atoms with Crippen LogP contribution in [0.4, 0.5) is 5.69 Å². The molecule has 0 unspecified atom stereocenters. The van der Waals surface area contributed by atoms with E-state index in [-0.39, 0.29) is 16.8 Å². The van der Waals surface area contributed by atoms with E-state index in [1.165, 1.54) is 12.1 Å². The molecular formula is C13H18N2O3S. The molecule has 5 nitrogen and oxygen atoms in total. The molecule has 2 N–H and O–H groups in total. The number of anilines is 1. The number of rotatable bonds is 6. The summed E-state index contributed by atoms with van der Waals surface area (Å²) in [5, 5.41) is 2.72. The number of nitrogens with one attached hydrogen (secondary N) is 2. The summed E-state index contributed by atoms with van der Waals surface area (Å²) in [5.74, 6) is -0.0609. The van der Waals surface area contributed by atoms with Crippen LogP contribution in [-0.2, 0) is 14.8 Å². The Balaban J connectivity index is 2.03. The van der Waals surface area contributed by atoms with Gasteiger partial charge in [-0.25, -0.2) is 13.1 Å². The van der Waals surface area contributed by atoms with Crippen molar-refractivity contribution >= 4 is 21.6 Å². The van der Waals surface area contributed by atoms with Crippen molar-refractivity contribution in [3.8, 4) is 0 Å². The first-order chi connectivity index (χ1) is 9.01. The number of hydrogen-bond donors (Lipinski definition) is 2. The van der Waals surface area contributed by atoms with Gasteiger partial charge in [0.05, 0.1) is 4.90 Å². The molecule has 2 rings (SSSR count). The van der Waals surface area contributed by atoms with Crippen molar-refractivity contribution in [2.24, 2.45) is 0 Å². The van der Waals surface area contributed by atoms with Crippen LogP contribution in [0.2, 0.25) is 0 Å². The average Bonchev–Trinajstić information content (AvgIpc) is 3.13. The number of carbonyl (C=O) groups excluding carboxylic acids is 1. The zero-order valence-corrected chi connectivity index (χ0v) is 11.7. The molecule has 1 aliphatic carbocycles. The zero-order valence-electron chi connectivity index (χ0n) is 10.8. The van der Waals surface area contributed by atoms with Crippen molar-refractivity contribution in [3.05, 3.63) is 24.3 Å². The van der Waals surface area contributed by atoms with Crippen LogP contribution in [0.15, 0.2) is 29.2 Å². The second-order valence-corrected chi connectivity index (χ2v) is 6.43. The molecule has 1 fully saturated rings. The Morgan fingerprint density at radius 2 is 1.89 bits per heavy atom. The van der Waals surface area contributed by atoms with E-state index in [0.29, 0.717) is 12.1 Å². The lowest BCUT2D eigenvalue weighted by atomic mass is 10.3. The summed E-state index contributed by atoms with van der Waals surface area (Å²) in [7, 11) is -3.42. The lowest BCUT2D eigenvalue weighted by molar-refractivity contribution is -0.116. The largest absolute Gasteiger partial charge is 0.326 e. The van der Waals surface area contributed by atoms with Crippen LogP contribution >= 0.6 is 0 Å². The van der Waals surface area contributed by atoms with Crippen LogP contribution in [0.5, 0.6) is 0 Å². The van der Waals surface area contributed by atoms with Crippen LogP contribution in [0, 0.1) is 0 Å². The molecule has 0 radical (unpaired) electrons. The third-order valence-electron chi connectivity index (χ3n) is 2.82. The van der Waals surface area contributed by atoms with Crippen molar-refractivity contribution in [3.63, 3.8) is 0 Å². The maximum absolute atomic E-state index is 11.9. The minimum absolute atomic E-state index is 0.0609. The number of sulfonamides is 1. The first-order valence-electron chi connectivity index (χ1n) is 6.43. The fraction of sp³-hybridized carbons (Fsp3) is 0.462. The van der Waals surface area contributed by atoms with Crippen molar-refractivity contribution in [2.75, 3.05) is 5.32 Å². The second kappa shape index (κ2) is 5.71. The van der Waals surface area contributed by atoms with Crippen LogP contribution < -0.4 is 10.0 Å². The van der Waals surface area contributed by atoms with Gasteiger partial charge in [-0.15, -0.1) is 0 Å². The van der Waals surface area contributed by atoms with Crippen molar-refractivity contribution < 1.29 is 13.2 Å². The molecule has 104 valence electrons. The highest BCUT2D eigenvalue weighted by atomic mass is 32.2. The summed E-state index contributed by atoms with van der Waals surface area (Å²) < 4.78 is 26.5. The molecule has 6 heteroatoms.